The van der Waals surface area contributed by atoms with Gasteiger partial charge in [-0.2, -0.15) is 4.99 Å². The van der Waals surface area contributed by atoms with Crippen molar-refractivity contribution in [2.75, 3.05) is 11.9 Å². The van der Waals surface area contributed by atoms with E-state index in [2.05, 4.69) is 15.3 Å². The van der Waals surface area contributed by atoms with Crippen molar-refractivity contribution in [3.63, 3.8) is 0 Å². The van der Waals surface area contributed by atoms with Gasteiger partial charge in [0.05, 0.1) is 15.9 Å². The van der Waals surface area contributed by atoms with Crippen molar-refractivity contribution in [1.82, 2.24) is 9.88 Å². The topological polar surface area (TPSA) is 74.7 Å². The Bertz CT molecular complexity index is 1080. The van der Waals surface area contributed by atoms with Gasteiger partial charge in [0.25, 0.3) is 0 Å². The molecule has 4 rings (SSSR count). The molecular weight excluding hydrogens is 411 g/mol. The number of hydrogen-bond acceptors (Lipinski definition) is 6. The van der Waals surface area contributed by atoms with E-state index in [1.807, 2.05) is 31.2 Å². The monoisotopic (exact) mass is 428 g/mol. The molecule has 0 radical (unpaired) electrons. The lowest BCUT2D eigenvalue weighted by atomic mass is 10.2. The number of fused-ring (bicyclic) bond motifs is 1. The fourth-order valence-electron chi connectivity index (χ4n) is 2.94. The van der Waals surface area contributed by atoms with Gasteiger partial charge in [-0.05, 0) is 31.2 Å². The summed E-state index contributed by atoms with van der Waals surface area (Å²) < 4.78 is 14.7. The van der Waals surface area contributed by atoms with Crippen molar-refractivity contribution < 1.29 is 14.0 Å². The van der Waals surface area contributed by atoms with Crippen molar-refractivity contribution >= 4 is 61.1 Å². The van der Waals surface area contributed by atoms with Gasteiger partial charge in [0.15, 0.2) is 5.17 Å². The molecule has 1 aromatic heterocycles. The molecule has 1 unspecified atom stereocenters. The summed E-state index contributed by atoms with van der Waals surface area (Å²) in [6.45, 7) is 2.30. The maximum Gasteiger partial charge on any atom is 0.242 e. The second kappa shape index (κ2) is 8.30. The molecule has 2 heterocycles. The van der Waals surface area contributed by atoms with Crippen LogP contribution in [0.15, 0.2) is 53.5 Å². The molecule has 0 aliphatic carbocycles. The second-order valence-corrected chi connectivity index (χ2v) is 8.46. The van der Waals surface area contributed by atoms with Crippen molar-refractivity contribution in [1.29, 1.82) is 0 Å². The van der Waals surface area contributed by atoms with Gasteiger partial charge in [0.1, 0.15) is 11.1 Å². The number of aliphatic imine (C=N–C) groups is 1. The number of rotatable bonds is 5. The molecule has 0 saturated carbocycles. The van der Waals surface area contributed by atoms with E-state index in [4.69, 9.17) is 0 Å². The van der Waals surface area contributed by atoms with Gasteiger partial charge in [-0.1, -0.05) is 47.4 Å². The van der Waals surface area contributed by atoms with Gasteiger partial charge in [0, 0.05) is 13.0 Å². The Morgan fingerprint density at radius 1 is 1.24 bits per heavy atom. The third-order valence-corrected chi connectivity index (χ3v) is 6.43. The Balaban J connectivity index is 1.50. The Morgan fingerprint density at radius 3 is 2.76 bits per heavy atom. The van der Waals surface area contributed by atoms with Crippen LogP contribution in [0.5, 0.6) is 0 Å². The number of carbonyl (C=O) groups excluding carboxylic acids is 2. The molecule has 1 fully saturated rings. The fourth-order valence-corrected chi connectivity index (χ4v) is 5.04. The van der Waals surface area contributed by atoms with E-state index in [9.17, 15) is 14.0 Å². The van der Waals surface area contributed by atoms with Crippen LogP contribution in [0.1, 0.15) is 13.3 Å². The summed E-state index contributed by atoms with van der Waals surface area (Å²) in [6, 6.07) is 13.7. The first-order chi connectivity index (χ1) is 14.0. The third kappa shape index (κ3) is 4.15. The number of para-hydroxylation sites is 2. The molecule has 6 nitrogen and oxygen atoms in total. The van der Waals surface area contributed by atoms with Crippen LogP contribution >= 0.6 is 23.1 Å². The number of nitrogens with zero attached hydrogens (tertiary/aromatic N) is 3. The Labute approximate surface area is 174 Å². The van der Waals surface area contributed by atoms with Crippen LogP contribution in [-0.2, 0) is 9.59 Å². The molecule has 2 amide bonds. The summed E-state index contributed by atoms with van der Waals surface area (Å²) in [5.74, 6) is -1.11. The van der Waals surface area contributed by atoms with Crippen LogP contribution in [0.2, 0.25) is 0 Å². The van der Waals surface area contributed by atoms with Gasteiger partial charge < -0.3 is 5.32 Å². The number of anilines is 1. The summed E-state index contributed by atoms with van der Waals surface area (Å²) in [5.41, 5.74) is 0.957. The summed E-state index contributed by atoms with van der Waals surface area (Å²) in [4.78, 5) is 35.6. The quantitative estimate of drug-likeness (QED) is 0.653. The van der Waals surface area contributed by atoms with E-state index in [-0.39, 0.29) is 18.0 Å². The smallest absolute Gasteiger partial charge is 0.242 e. The molecule has 2 aromatic carbocycles. The molecule has 1 N–H and O–H groups in total. The normalized spacial score (nSPS) is 18.0. The zero-order valence-corrected chi connectivity index (χ0v) is 17.1. The molecule has 0 spiro atoms. The highest BCUT2D eigenvalue weighted by atomic mass is 32.2. The van der Waals surface area contributed by atoms with Crippen molar-refractivity contribution in [3.05, 3.63) is 54.3 Å². The van der Waals surface area contributed by atoms with Crippen LogP contribution in [0, 0.1) is 5.82 Å². The number of halogens is 1. The number of carbonyl (C=O) groups is 2. The molecule has 9 heteroatoms. The third-order valence-electron chi connectivity index (χ3n) is 4.33. The lowest BCUT2D eigenvalue weighted by Crippen LogP contribution is -2.33. The minimum Gasteiger partial charge on any atom is -0.324 e. The summed E-state index contributed by atoms with van der Waals surface area (Å²) >= 11 is 2.68. The molecule has 3 aromatic rings. The van der Waals surface area contributed by atoms with E-state index >= 15 is 0 Å². The van der Waals surface area contributed by atoms with Gasteiger partial charge in [-0.3, -0.25) is 14.5 Å². The summed E-state index contributed by atoms with van der Waals surface area (Å²) in [5, 5.41) is 3.02. The first-order valence-corrected chi connectivity index (χ1v) is 10.7. The Kier molecular flexibility index (Phi) is 5.59. The van der Waals surface area contributed by atoms with Crippen molar-refractivity contribution in [2.45, 2.75) is 18.6 Å². The number of aromatic nitrogens is 1. The van der Waals surface area contributed by atoms with E-state index in [0.717, 1.165) is 10.2 Å². The SMILES string of the molecule is CCN1C(=O)C(CC(=O)Nc2ccccc2F)SC1=Nc1nc2ccccc2s1. The highest BCUT2D eigenvalue weighted by molar-refractivity contribution is 8.15. The molecule has 148 valence electrons. The number of nitrogens with one attached hydrogen (secondary N) is 1. The van der Waals surface area contributed by atoms with E-state index in [0.29, 0.717) is 16.8 Å². The fraction of sp³-hybridized carbons (Fsp3) is 0.200. The van der Waals surface area contributed by atoms with Crippen LogP contribution < -0.4 is 5.32 Å². The molecule has 1 atom stereocenters. The van der Waals surface area contributed by atoms with Gasteiger partial charge in [-0.15, -0.1) is 0 Å². The molecule has 0 bridgehead atoms. The highest BCUT2D eigenvalue weighted by Crippen LogP contribution is 2.34. The van der Waals surface area contributed by atoms with Crippen LogP contribution in [0.25, 0.3) is 10.2 Å². The van der Waals surface area contributed by atoms with Crippen molar-refractivity contribution in [3.8, 4) is 0 Å². The van der Waals surface area contributed by atoms with E-state index < -0.39 is 17.0 Å². The lowest BCUT2D eigenvalue weighted by molar-refractivity contribution is -0.128. The number of hydrogen-bond donors (Lipinski definition) is 1. The first kappa shape index (κ1) is 19.5. The Morgan fingerprint density at radius 2 is 2.00 bits per heavy atom. The van der Waals surface area contributed by atoms with Gasteiger partial charge >= 0.3 is 0 Å². The minimum absolute atomic E-state index is 0.0623. The van der Waals surface area contributed by atoms with Crippen LogP contribution in [-0.4, -0.2) is 38.7 Å². The van der Waals surface area contributed by atoms with Crippen molar-refractivity contribution in [2.24, 2.45) is 4.99 Å². The van der Waals surface area contributed by atoms with E-state index in [1.165, 1.54) is 35.2 Å². The van der Waals surface area contributed by atoms with Crippen LogP contribution in [0.3, 0.4) is 0 Å². The number of benzene rings is 2. The number of amides is 2. The maximum atomic E-state index is 13.7. The van der Waals surface area contributed by atoms with Gasteiger partial charge in [-0.25, -0.2) is 9.37 Å². The predicted octanol–water partition coefficient (Wildman–Crippen LogP) is 4.42. The molecule has 1 aliphatic heterocycles. The zero-order chi connectivity index (χ0) is 20.4. The molecular formula is C20H17FN4O2S2. The second-order valence-electron chi connectivity index (χ2n) is 6.28. The first-order valence-electron chi connectivity index (χ1n) is 9.02. The number of amidine groups is 1. The average Bonchev–Trinajstić information content (AvgIpc) is 3.24. The maximum absolute atomic E-state index is 13.7. The molecule has 29 heavy (non-hydrogen) atoms. The average molecular weight is 429 g/mol. The molecule has 1 saturated heterocycles. The lowest BCUT2D eigenvalue weighted by Gasteiger charge is -2.13. The number of thioether (sulfide) groups is 1. The molecule has 1 aliphatic rings. The minimum atomic E-state index is -0.602. The van der Waals surface area contributed by atoms with Crippen LogP contribution in [0.4, 0.5) is 15.2 Å². The highest BCUT2D eigenvalue weighted by Gasteiger charge is 2.38. The number of thiazole rings is 1. The largest absolute Gasteiger partial charge is 0.324 e. The summed E-state index contributed by atoms with van der Waals surface area (Å²) in [7, 11) is 0. The summed E-state index contributed by atoms with van der Waals surface area (Å²) in [6.07, 6.45) is -0.0623. The van der Waals surface area contributed by atoms with Gasteiger partial charge in [0.2, 0.25) is 16.9 Å². The Hall–Kier alpha value is -2.78. The zero-order valence-electron chi connectivity index (χ0n) is 15.5. The predicted molar refractivity (Wildman–Crippen MR) is 115 cm³/mol. The van der Waals surface area contributed by atoms with E-state index in [1.54, 1.807) is 17.0 Å². The standard InChI is InChI=1S/C20H17FN4O2S2/c1-2-25-18(27)16(11-17(26)22-13-8-4-3-7-12(13)21)29-20(25)24-19-23-14-9-5-6-10-15(14)28-19/h3-10,16H,2,11H2,1H3,(H,22,26).